The Hall–Kier alpha value is -2.68. The van der Waals surface area contributed by atoms with Crippen LogP contribution in [0, 0.1) is 0 Å². The monoisotopic (exact) mass is 404 g/mol. The Bertz CT molecular complexity index is 918. The van der Waals surface area contributed by atoms with Gasteiger partial charge < -0.3 is 4.74 Å². The zero-order valence-electron chi connectivity index (χ0n) is 18.2. The SMILES string of the molecule is CCCCCCCCCCc1ccc(OC(=O)C[n+]2ccc3ccccc3c2)cc1. The van der Waals surface area contributed by atoms with E-state index in [0.717, 1.165) is 17.2 Å². The normalized spacial score (nSPS) is 11.0. The summed E-state index contributed by atoms with van der Waals surface area (Å²) in [6.07, 6.45) is 15.7. The number of ether oxygens (including phenoxy) is 1. The molecule has 3 heteroatoms. The van der Waals surface area contributed by atoms with E-state index in [-0.39, 0.29) is 12.5 Å². The second-order valence-corrected chi connectivity index (χ2v) is 8.09. The van der Waals surface area contributed by atoms with E-state index in [1.807, 2.05) is 53.4 Å². The first-order valence-corrected chi connectivity index (χ1v) is 11.4. The predicted molar refractivity (Wildman–Crippen MR) is 123 cm³/mol. The quantitative estimate of drug-likeness (QED) is 0.151. The van der Waals surface area contributed by atoms with E-state index in [2.05, 4.69) is 25.1 Å². The standard InChI is InChI=1S/C27H34NO2/c1-2-3-4-5-6-7-8-9-12-23-15-17-26(18-16-23)30-27(29)22-28-20-19-24-13-10-11-14-25(24)21-28/h10-11,13-21H,2-9,12,22H2,1H3/q+1. The molecule has 0 saturated heterocycles. The number of fused-ring (bicyclic) bond motifs is 1. The first-order valence-electron chi connectivity index (χ1n) is 11.4. The number of carbonyl (C=O) groups excluding carboxylic acids is 1. The molecule has 0 radical (unpaired) electrons. The Balaban J connectivity index is 1.38. The van der Waals surface area contributed by atoms with Crippen LogP contribution in [0.3, 0.4) is 0 Å². The number of benzene rings is 2. The first kappa shape index (κ1) is 22.0. The maximum atomic E-state index is 12.3. The summed E-state index contributed by atoms with van der Waals surface area (Å²) in [6, 6.07) is 18.1. The lowest BCUT2D eigenvalue weighted by atomic mass is 10.0. The van der Waals surface area contributed by atoms with Gasteiger partial charge in [-0.15, -0.1) is 0 Å². The third-order valence-corrected chi connectivity index (χ3v) is 5.53. The molecule has 0 aliphatic rings. The van der Waals surface area contributed by atoms with Crippen molar-refractivity contribution in [1.29, 1.82) is 0 Å². The fraction of sp³-hybridized carbons (Fsp3) is 0.407. The fourth-order valence-corrected chi connectivity index (χ4v) is 3.78. The zero-order valence-corrected chi connectivity index (χ0v) is 18.2. The Morgan fingerprint density at radius 1 is 0.800 bits per heavy atom. The minimum absolute atomic E-state index is 0.199. The number of aromatic nitrogens is 1. The first-order chi connectivity index (χ1) is 14.7. The lowest BCUT2D eigenvalue weighted by Crippen LogP contribution is -2.38. The van der Waals surface area contributed by atoms with E-state index in [9.17, 15) is 4.79 Å². The van der Waals surface area contributed by atoms with Crippen molar-refractivity contribution in [1.82, 2.24) is 0 Å². The summed E-state index contributed by atoms with van der Waals surface area (Å²) in [5, 5.41) is 2.27. The summed E-state index contributed by atoms with van der Waals surface area (Å²) in [6.45, 7) is 2.46. The molecule has 0 bridgehead atoms. The average Bonchev–Trinajstić information content (AvgIpc) is 2.76. The number of rotatable bonds is 12. The molecule has 0 aliphatic heterocycles. The molecule has 3 rings (SSSR count). The Morgan fingerprint density at radius 3 is 2.20 bits per heavy atom. The molecule has 0 atom stereocenters. The third-order valence-electron chi connectivity index (χ3n) is 5.53. The molecule has 158 valence electrons. The van der Waals surface area contributed by atoms with Crippen LogP contribution in [0.1, 0.15) is 63.9 Å². The fourth-order valence-electron chi connectivity index (χ4n) is 3.78. The van der Waals surface area contributed by atoms with E-state index in [1.165, 1.54) is 56.9 Å². The summed E-state index contributed by atoms with van der Waals surface area (Å²) >= 11 is 0. The highest BCUT2D eigenvalue weighted by Gasteiger charge is 2.12. The summed E-state index contributed by atoms with van der Waals surface area (Å²) in [7, 11) is 0. The lowest BCUT2D eigenvalue weighted by Gasteiger charge is -2.05. The molecular weight excluding hydrogens is 370 g/mol. The molecule has 3 aromatic rings. The van der Waals surface area contributed by atoms with Gasteiger partial charge in [-0.2, -0.15) is 4.57 Å². The number of nitrogens with zero attached hydrogens (tertiary/aromatic N) is 1. The van der Waals surface area contributed by atoms with E-state index >= 15 is 0 Å². The molecule has 3 nitrogen and oxygen atoms in total. The van der Waals surface area contributed by atoms with Gasteiger partial charge in [0.2, 0.25) is 6.54 Å². The molecular formula is C27H34NO2+. The number of esters is 1. The zero-order chi connectivity index (χ0) is 21.0. The van der Waals surface area contributed by atoms with Gasteiger partial charge in [0.05, 0.1) is 0 Å². The minimum atomic E-state index is -0.258. The van der Waals surface area contributed by atoms with Crippen LogP contribution in [0.4, 0.5) is 0 Å². The number of aryl methyl sites for hydroxylation is 1. The maximum absolute atomic E-state index is 12.3. The maximum Gasteiger partial charge on any atom is 0.378 e. The molecule has 0 amide bonds. The van der Waals surface area contributed by atoms with Gasteiger partial charge in [0.25, 0.3) is 0 Å². The second kappa shape index (κ2) is 12.1. The topological polar surface area (TPSA) is 30.2 Å². The van der Waals surface area contributed by atoms with E-state index in [4.69, 9.17) is 4.74 Å². The highest BCUT2D eigenvalue weighted by Crippen LogP contribution is 2.16. The van der Waals surface area contributed by atoms with Crippen LogP contribution < -0.4 is 9.30 Å². The molecule has 0 unspecified atom stereocenters. The molecule has 1 heterocycles. The molecule has 0 fully saturated rings. The predicted octanol–water partition coefficient (Wildman–Crippen LogP) is 6.42. The molecule has 2 aromatic carbocycles. The largest absolute Gasteiger partial charge is 0.422 e. The van der Waals surface area contributed by atoms with Crippen LogP contribution in [0.25, 0.3) is 10.8 Å². The number of carbonyl (C=O) groups is 1. The lowest BCUT2D eigenvalue weighted by molar-refractivity contribution is -0.684. The van der Waals surface area contributed by atoms with Crippen molar-refractivity contribution in [3.63, 3.8) is 0 Å². The van der Waals surface area contributed by atoms with Gasteiger partial charge in [-0.05, 0) is 42.0 Å². The summed E-state index contributed by atoms with van der Waals surface area (Å²) in [5.74, 6) is 0.354. The van der Waals surface area contributed by atoms with Crippen LogP contribution in [0.15, 0.2) is 67.0 Å². The minimum Gasteiger partial charge on any atom is -0.422 e. The highest BCUT2D eigenvalue weighted by molar-refractivity contribution is 5.80. The van der Waals surface area contributed by atoms with Crippen molar-refractivity contribution in [3.05, 3.63) is 72.6 Å². The smallest absolute Gasteiger partial charge is 0.378 e. The number of hydrogen-bond acceptors (Lipinski definition) is 2. The molecule has 1 aromatic heterocycles. The van der Waals surface area contributed by atoms with Crippen LogP contribution in [-0.4, -0.2) is 5.97 Å². The number of pyridine rings is 1. The van der Waals surface area contributed by atoms with Crippen molar-refractivity contribution in [2.45, 2.75) is 71.3 Å². The van der Waals surface area contributed by atoms with E-state index in [0.29, 0.717) is 5.75 Å². The number of hydrogen-bond donors (Lipinski definition) is 0. The van der Waals surface area contributed by atoms with Gasteiger partial charge in [-0.25, -0.2) is 4.79 Å². The Labute approximate surface area is 180 Å². The van der Waals surface area contributed by atoms with Gasteiger partial charge in [0, 0.05) is 11.5 Å². The van der Waals surface area contributed by atoms with Crippen LogP contribution in [0.5, 0.6) is 5.75 Å². The van der Waals surface area contributed by atoms with Crippen molar-refractivity contribution < 1.29 is 14.1 Å². The summed E-state index contributed by atoms with van der Waals surface area (Å²) in [5.41, 5.74) is 1.31. The van der Waals surface area contributed by atoms with Crippen molar-refractivity contribution in [2.24, 2.45) is 0 Å². The van der Waals surface area contributed by atoms with Gasteiger partial charge in [0.15, 0.2) is 12.4 Å². The summed E-state index contributed by atoms with van der Waals surface area (Å²) in [4.78, 5) is 12.3. The number of unbranched alkanes of at least 4 members (excludes halogenated alkanes) is 7. The van der Waals surface area contributed by atoms with E-state index < -0.39 is 0 Å². The Kier molecular flexibility index (Phi) is 8.89. The highest BCUT2D eigenvalue weighted by atomic mass is 16.5. The molecule has 0 spiro atoms. The summed E-state index contributed by atoms with van der Waals surface area (Å²) < 4.78 is 7.38. The molecule has 0 saturated carbocycles. The van der Waals surface area contributed by atoms with E-state index in [1.54, 1.807) is 0 Å². The van der Waals surface area contributed by atoms with Crippen LogP contribution >= 0.6 is 0 Å². The molecule has 0 N–H and O–H groups in total. The van der Waals surface area contributed by atoms with Crippen molar-refractivity contribution in [2.75, 3.05) is 0 Å². The van der Waals surface area contributed by atoms with Gasteiger partial charge in [-0.3, -0.25) is 0 Å². The average molecular weight is 405 g/mol. The van der Waals surface area contributed by atoms with Gasteiger partial charge in [-0.1, -0.05) is 82.2 Å². The van der Waals surface area contributed by atoms with Gasteiger partial charge in [0.1, 0.15) is 5.75 Å². The van der Waals surface area contributed by atoms with Gasteiger partial charge >= 0.3 is 5.97 Å². The second-order valence-electron chi connectivity index (χ2n) is 8.09. The molecule has 0 aliphatic carbocycles. The van der Waals surface area contributed by atoms with Crippen molar-refractivity contribution in [3.8, 4) is 5.75 Å². The van der Waals surface area contributed by atoms with Crippen molar-refractivity contribution >= 4 is 16.7 Å². The Morgan fingerprint density at radius 2 is 1.47 bits per heavy atom. The van der Waals surface area contributed by atoms with Crippen LogP contribution in [-0.2, 0) is 17.8 Å². The molecule has 30 heavy (non-hydrogen) atoms. The van der Waals surface area contributed by atoms with Crippen LogP contribution in [0.2, 0.25) is 0 Å². The third kappa shape index (κ3) is 7.29.